The molecule has 0 aliphatic carbocycles. The topological polar surface area (TPSA) is 43.4 Å². The Hall–Kier alpha value is -1.12. The molecule has 0 radical (unpaired) electrons. The van der Waals surface area contributed by atoms with Crippen LogP contribution in [0.5, 0.6) is 0 Å². The predicted octanol–water partition coefficient (Wildman–Crippen LogP) is 1.82. The van der Waals surface area contributed by atoms with E-state index in [0.717, 1.165) is 12.8 Å². The van der Waals surface area contributed by atoms with Crippen LogP contribution in [0.15, 0.2) is 12.2 Å². The van der Waals surface area contributed by atoms with Crippen molar-refractivity contribution < 1.29 is 14.3 Å². The van der Waals surface area contributed by atoms with Gasteiger partial charge in [-0.3, -0.25) is 9.59 Å². The van der Waals surface area contributed by atoms with E-state index >= 15 is 0 Å². The van der Waals surface area contributed by atoms with Crippen molar-refractivity contribution in [2.24, 2.45) is 5.92 Å². The molecule has 0 bridgehead atoms. The molecule has 0 aromatic carbocycles. The zero-order valence-corrected chi connectivity index (χ0v) is 7.79. The fraction of sp³-hybridized carbons (Fsp3) is 0.600. The van der Waals surface area contributed by atoms with Gasteiger partial charge in [0.1, 0.15) is 0 Å². The van der Waals surface area contributed by atoms with Gasteiger partial charge in [-0.1, -0.05) is 25.5 Å². The summed E-state index contributed by atoms with van der Waals surface area (Å²) in [5.41, 5.74) is 0. The van der Waals surface area contributed by atoms with Crippen LogP contribution in [0.2, 0.25) is 0 Å². The molecule has 0 spiro atoms. The Kier molecular flexibility index (Phi) is 3.68. The molecule has 1 atom stereocenters. The average molecular weight is 182 g/mol. The lowest BCUT2D eigenvalue weighted by atomic mass is 10.0. The SMILES string of the molecule is CCC/C=C/C[C@H]1CC(=O)OC1=O. The van der Waals surface area contributed by atoms with E-state index in [1.54, 1.807) is 0 Å². The zero-order chi connectivity index (χ0) is 9.68. The van der Waals surface area contributed by atoms with E-state index in [-0.39, 0.29) is 24.3 Å². The molecular formula is C10H14O3. The van der Waals surface area contributed by atoms with Crippen LogP contribution in [0.1, 0.15) is 32.6 Å². The first kappa shape index (κ1) is 9.96. The second-order valence-electron chi connectivity index (χ2n) is 3.19. The lowest BCUT2D eigenvalue weighted by molar-refractivity contribution is -0.153. The van der Waals surface area contributed by atoms with Gasteiger partial charge in [-0.2, -0.15) is 0 Å². The number of hydrogen-bond donors (Lipinski definition) is 0. The van der Waals surface area contributed by atoms with Crippen molar-refractivity contribution >= 4 is 11.9 Å². The van der Waals surface area contributed by atoms with Crippen LogP contribution < -0.4 is 0 Å². The maximum Gasteiger partial charge on any atom is 0.317 e. The Morgan fingerprint density at radius 2 is 2.23 bits per heavy atom. The van der Waals surface area contributed by atoms with Gasteiger partial charge in [-0.05, 0) is 12.8 Å². The highest BCUT2D eigenvalue weighted by molar-refractivity contribution is 5.94. The van der Waals surface area contributed by atoms with Crippen LogP contribution in [0.3, 0.4) is 0 Å². The third kappa shape index (κ3) is 3.01. The summed E-state index contributed by atoms with van der Waals surface area (Å²) in [6.07, 6.45) is 6.99. The van der Waals surface area contributed by atoms with Gasteiger partial charge in [0.2, 0.25) is 0 Å². The molecule has 3 heteroatoms. The average Bonchev–Trinajstić information content (AvgIpc) is 2.39. The Morgan fingerprint density at radius 3 is 2.77 bits per heavy atom. The lowest BCUT2D eigenvalue weighted by Gasteiger charge is -1.97. The highest BCUT2D eigenvalue weighted by atomic mass is 16.6. The Labute approximate surface area is 77.8 Å². The Morgan fingerprint density at radius 1 is 1.46 bits per heavy atom. The van der Waals surface area contributed by atoms with Gasteiger partial charge in [-0.15, -0.1) is 0 Å². The molecule has 0 N–H and O–H groups in total. The number of esters is 2. The molecule has 0 aromatic heterocycles. The molecule has 1 aliphatic heterocycles. The van der Waals surface area contributed by atoms with Crippen LogP contribution in [-0.4, -0.2) is 11.9 Å². The van der Waals surface area contributed by atoms with Crippen molar-refractivity contribution in [3.63, 3.8) is 0 Å². The minimum Gasteiger partial charge on any atom is -0.393 e. The van der Waals surface area contributed by atoms with Gasteiger partial charge >= 0.3 is 11.9 Å². The van der Waals surface area contributed by atoms with Crippen LogP contribution in [0, 0.1) is 5.92 Å². The second-order valence-corrected chi connectivity index (χ2v) is 3.19. The first-order valence-corrected chi connectivity index (χ1v) is 4.63. The molecule has 3 nitrogen and oxygen atoms in total. The number of hydrogen-bond acceptors (Lipinski definition) is 3. The molecule has 0 aromatic rings. The second kappa shape index (κ2) is 4.80. The fourth-order valence-electron chi connectivity index (χ4n) is 1.25. The zero-order valence-electron chi connectivity index (χ0n) is 7.79. The molecular weight excluding hydrogens is 168 g/mol. The maximum atomic E-state index is 11.0. The third-order valence-electron chi connectivity index (χ3n) is 2.00. The Bertz CT molecular complexity index is 230. The fourth-order valence-corrected chi connectivity index (χ4v) is 1.25. The van der Waals surface area contributed by atoms with E-state index in [1.165, 1.54) is 0 Å². The highest BCUT2D eigenvalue weighted by Crippen LogP contribution is 2.19. The monoisotopic (exact) mass is 182 g/mol. The molecule has 1 aliphatic rings. The quantitative estimate of drug-likeness (QED) is 0.378. The summed E-state index contributed by atoms with van der Waals surface area (Å²) in [5, 5.41) is 0. The van der Waals surface area contributed by atoms with Gasteiger partial charge in [0, 0.05) is 0 Å². The number of cyclic esters (lactones) is 2. The third-order valence-corrected chi connectivity index (χ3v) is 2.00. The van der Waals surface area contributed by atoms with Crippen LogP contribution >= 0.6 is 0 Å². The van der Waals surface area contributed by atoms with Gasteiger partial charge in [0.15, 0.2) is 0 Å². The number of unbranched alkanes of at least 4 members (excludes halogenated alkanes) is 1. The van der Waals surface area contributed by atoms with E-state index in [0.29, 0.717) is 6.42 Å². The summed E-state index contributed by atoms with van der Waals surface area (Å²) in [5.74, 6) is -0.995. The highest BCUT2D eigenvalue weighted by Gasteiger charge is 2.31. The largest absolute Gasteiger partial charge is 0.393 e. The molecule has 0 amide bonds. The summed E-state index contributed by atoms with van der Waals surface area (Å²) < 4.78 is 4.42. The van der Waals surface area contributed by atoms with Crippen molar-refractivity contribution in [2.75, 3.05) is 0 Å². The number of allylic oxidation sites excluding steroid dienone is 2. The molecule has 1 saturated heterocycles. The van der Waals surface area contributed by atoms with Crippen LogP contribution in [-0.2, 0) is 14.3 Å². The summed E-state index contributed by atoms with van der Waals surface area (Å²) in [6, 6.07) is 0. The normalized spacial score (nSPS) is 22.7. The van der Waals surface area contributed by atoms with Crippen molar-refractivity contribution in [3.8, 4) is 0 Å². The van der Waals surface area contributed by atoms with Crippen molar-refractivity contribution in [2.45, 2.75) is 32.6 Å². The first-order chi connectivity index (χ1) is 6.24. The maximum absolute atomic E-state index is 11.0. The van der Waals surface area contributed by atoms with E-state index in [9.17, 15) is 9.59 Å². The number of ether oxygens (including phenoxy) is 1. The number of carbonyl (C=O) groups excluding carboxylic acids is 2. The standard InChI is InChI=1S/C10H14O3/c1-2-3-4-5-6-8-7-9(11)13-10(8)12/h4-5,8H,2-3,6-7H2,1H3/b5-4+/t8-/m0/s1. The van der Waals surface area contributed by atoms with E-state index in [2.05, 4.69) is 11.7 Å². The van der Waals surface area contributed by atoms with Gasteiger partial charge in [-0.25, -0.2) is 0 Å². The number of rotatable bonds is 4. The molecule has 1 rings (SSSR count). The van der Waals surface area contributed by atoms with Crippen molar-refractivity contribution in [1.82, 2.24) is 0 Å². The van der Waals surface area contributed by atoms with Crippen molar-refractivity contribution in [1.29, 1.82) is 0 Å². The molecule has 0 unspecified atom stereocenters. The van der Waals surface area contributed by atoms with Crippen LogP contribution in [0.4, 0.5) is 0 Å². The summed E-state index contributed by atoms with van der Waals surface area (Å²) in [7, 11) is 0. The lowest BCUT2D eigenvalue weighted by Crippen LogP contribution is -2.05. The minimum atomic E-state index is -0.390. The minimum absolute atomic E-state index is 0.236. The summed E-state index contributed by atoms with van der Waals surface area (Å²) in [4.78, 5) is 21.7. The van der Waals surface area contributed by atoms with E-state index in [4.69, 9.17) is 0 Å². The number of carbonyl (C=O) groups is 2. The molecule has 1 fully saturated rings. The van der Waals surface area contributed by atoms with E-state index in [1.807, 2.05) is 12.2 Å². The van der Waals surface area contributed by atoms with Gasteiger partial charge in [0.05, 0.1) is 12.3 Å². The predicted molar refractivity (Wildman–Crippen MR) is 47.9 cm³/mol. The summed E-state index contributed by atoms with van der Waals surface area (Å²) >= 11 is 0. The molecule has 13 heavy (non-hydrogen) atoms. The van der Waals surface area contributed by atoms with Gasteiger partial charge in [0.25, 0.3) is 0 Å². The summed E-state index contributed by atoms with van der Waals surface area (Å²) in [6.45, 7) is 2.09. The molecule has 0 saturated carbocycles. The van der Waals surface area contributed by atoms with Crippen LogP contribution in [0.25, 0.3) is 0 Å². The smallest absolute Gasteiger partial charge is 0.317 e. The van der Waals surface area contributed by atoms with Crippen molar-refractivity contribution in [3.05, 3.63) is 12.2 Å². The van der Waals surface area contributed by atoms with E-state index < -0.39 is 0 Å². The molecule has 1 heterocycles. The van der Waals surface area contributed by atoms with Gasteiger partial charge < -0.3 is 4.74 Å². The first-order valence-electron chi connectivity index (χ1n) is 4.63. The Balaban J connectivity index is 2.29. The molecule has 72 valence electrons.